The summed E-state index contributed by atoms with van der Waals surface area (Å²) in [5, 5.41) is 23.6. The van der Waals surface area contributed by atoms with Crippen LogP contribution in [-0.4, -0.2) is 15.4 Å². The average Bonchev–Trinajstić information content (AvgIpc) is 3.04. The molecule has 7 nitrogen and oxygen atoms in total. The van der Waals surface area contributed by atoms with Crippen molar-refractivity contribution < 1.29 is 9.72 Å². The van der Waals surface area contributed by atoms with Gasteiger partial charge in [-0.3, -0.25) is 14.9 Å². The van der Waals surface area contributed by atoms with Crippen LogP contribution in [-0.2, 0) is 11.3 Å². The first-order valence-corrected chi connectivity index (χ1v) is 9.70. The number of amides is 1. The molecule has 0 radical (unpaired) electrons. The van der Waals surface area contributed by atoms with Gasteiger partial charge in [-0.2, -0.15) is 5.26 Å². The molecule has 0 atom stereocenters. The number of benzene rings is 2. The molecule has 7 heteroatoms. The number of carbonyl (C=O) groups is 1. The number of carbonyl (C=O) groups excluding carboxylic acids is 1. The largest absolute Gasteiger partial charge is 0.347 e. The first kappa shape index (κ1) is 21.5. The lowest BCUT2D eigenvalue weighted by atomic mass is 10.1. The van der Waals surface area contributed by atoms with Crippen LogP contribution in [0.15, 0.2) is 60.2 Å². The molecule has 0 unspecified atom stereocenters. The number of rotatable bonds is 6. The van der Waals surface area contributed by atoms with Crippen LogP contribution < -0.4 is 5.32 Å². The second-order valence-corrected chi connectivity index (χ2v) is 7.23. The first-order chi connectivity index (χ1) is 14.8. The van der Waals surface area contributed by atoms with Crippen LogP contribution in [0.4, 0.5) is 5.69 Å². The van der Waals surface area contributed by atoms with Crippen LogP contribution in [0.1, 0.15) is 28.1 Å². The Bertz CT molecular complexity index is 1220. The molecule has 0 aliphatic rings. The summed E-state index contributed by atoms with van der Waals surface area (Å²) < 4.78 is 1.87. The van der Waals surface area contributed by atoms with Crippen LogP contribution in [0.2, 0.25) is 0 Å². The lowest BCUT2D eigenvalue weighted by Gasteiger charge is -2.10. The topological polar surface area (TPSA) is 101 Å². The molecule has 0 saturated heterocycles. The minimum atomic E-state index is -0.456. The Kier molecular flexibility index (Phi) is 6.32. The first-order valence-electron chi connectivity index (χ1n) is 9.70. The number of nitriles is 1. The highest BCUT2D eigenvalue weighted by Gasteiger charge is 2.17. The van der Waals surface area contributed by atoms with Crippen LogP contribution in [0.3, 0.4) is 0 Å². The van der Waals surface area contributed by atoms with Crippen molar-refractivity contribution in [3.8, 4) is 11.8 Å². The molecule has 1 N–H and O–H groups in total. The van der Waals surface area contributed by atoms with Gasteiger partial charge in [0.1, 0.15) is 11.6 Å². The molecule has 3 aromatic rings. The summed E-state index contributed by atoms with van der Waals surface area (Å²) >= 11 is 0. The molecule has 2 aromatic carbocycles. The highest BCUT2D eigenvalue weighted by atomic mass is 16.6. The lowest BCUT2D eigenvalue weighted by molar-refractivity contribution is -0.385. The van der Waals surface area contributed by atoms with E-state index in [2.05, 4.69) is 5.32 Å². The van der Waals surface area contributed by atoms with Crippen molar-refractivity contribution >= 4 is 17.7 Å². The Morgan fingerprint density at radius 1 is 1.16 bits per heavy atom. The van der Waals surface area contributed by atoms with Crippen molar-refractivity contribution in [1.29, 1.82) is 5.26 Å². The van der Waals surface area contributed by atoms with E-state index in [4.69, 9.17) is 0 Å². The number of nitrogens with one attached hydrogen (secondary N) is 1. The maximum atomic E-state index is 12.5. The van der Waals surface area contributed by atoms with E-state index in [1.165, 1.54) is 6.07 Å². The molecule has 1 heterocycles. The summed E-state index contributed by atoms with van der Waals surface area (Å²) in [6.07, 6.45) is 1.54. The van der Waals surface area contributed by atoms with E-state index in [0.29, 0.717) is 23.4 Å². The molecule has 0 bridgehead atoms. The second kappa shape index (κ2) is 9.09. The van der Waals surface area contributed by atoms with Crippen molar-refractivity contribution in [2.24, 2.45) is 0 Å². The second-order valence-electron chi connectivity index (χ2n) is 7.23. The van der Waals surface area contributed by atoms with Gasteiger partial charge in [0, 0.05) is 29.6 Å². The number of nitrogens with zero attached hydrogens (tertiary/aromatic N) is 3. The van der Waals surface area contributed by atoms with E-state index in [1.807, 2.05) is 66.9 Å². The minimum absolute atomic E-state index is 0.00827. The minimum Gasteiger partial charge on any atom is -0.347 e. The van der Waals surface area contributed by atoms with E-state index in [1.54, 1.807) is 19.1 Å². The molecule has 0 saturated carbocycles. The fourth-order valence-corrected chi connectivity index (χ4v) is 3.44. The van der Waals surface area contributed by atoms with Crippen LogP contribution in [0.5, 0.6) is 0 Å². The maximum absolute atomic E-state index is 12.5. The molecule has 0 spiro atoms. The number of nitro benzene ring substituents is 1. The Labute approximate surface area is 180 Å². The molecule has 31 heavy (non-hydrogen) atoms. The molecule has 0 fully saturated rings. The molecule has 156 valence electrons. The van der Waals surface area contributed by atoms with E-state index < -0.39 is 10.8 Å². The van der Waals surface area contributed by atoms with Gasteiger partial charge < -0.3 is 9.88 Å². The maximum Gasteiger partial charge on any atom is 0.274 e. The summed E-state index contributed by atoms with van der Waals surface area (Å²) in [5.41, 5.74) is 4.52. The van der Waals surface area contributed by atoms with Gasteiger partial charge in [0.05, 0.1) is 10.6 Å². The van der Waals surface area contributed by atoms with Gasteiger partial charge in [-0.1, -0.05) is 36.4 Å². The predicted molar refractivity (Wildman–Crippen MR) is 119 cm³/mol. The molecule has 0 aliphatic heterocycles. The van der Waals surface area contributed by atoms with Crippen molar-refractivity contribution in [2.45, 2.75) is 27.3 Å². The third-order valence-electron chi connectivity index (χ3n) is 5.08. The van der Waals surface area contributed by atoms with Crippen LogP contribution >= 0.6 is 0 Å². The third kappa shape index (κ3) is 4.70. The molecule has 3 rings (SSSR count). The van der Waals surface area contributed by atoms with E-state index in [-0.39, 0.29) is 11.3 Å². The molecule has 1 aromatic heterocycles. The van der Waals surface area contributed by atoms with Gasteiger partial charge in [-0.05, 0) is 50.1 Å². The van der Waals surface area contributed by atoms with Gasteiger partial charge in [-0.15, -0.1) is 0 Å². The summed E-state index contributed by atoms with van der Waals surface area (Å²) in [6.45, 7) is 5.74. The average molecular weight is 414 g/mol. The highest BCUT2D eigenvalue weighted by molar-refractivity contribution is 6.01. The van der Waals surface area contributed by atoms with Gasteiger partial charge >= 0.3 is 0 Å². The monoisotopic (exact) mass is 414 g/mol. The zero-order valence-electron chi connectivity index (χ0n) is 17.5. The zero-order chi connectivity index (χ0) is 22.5. The fourth-order valence-electron chi connectivity index (χ4n) is 3.44. The van der Waals surface area contributed by atoms with Gasteiger partial charge in [0.25, 0.3) is 11.6 Å². The molecule has 1 amide bonds. The highest BCUT2D eigenvalue weighted by Crippen LogP contribution is 2.27. The number of aromatic nitrogens is 1. The predicted octanol–water partition coefficient (Wildman–Crippen LogP) is 4.53. The number of nitro groups is 1. The van der Waals surface area contributed by atoms with Crippen molar-refractivity contribution in [2.75, 3.05) is 0 Å². The summed E-state index contributed by atoms with van der Waals surface area (Å²) in [7, 11) is 0. The summed E-state index contributed by atoms with van der Waals surface area (Å²) in [4.78, 5) is 23.4. The standard InChI is InChI=1S/C24H22N4O3/c1-16-9-10-22(13-23(16)28(30)31)27-17(2)11-20(18(27)3)12-21(14-25)24(29)26-15-19-7-5-4-6-8-19/h4-13H,15H2,1-3H3,(H,26,29)/b21-12-. The quantitative estimate of drug-likeness (QED) is 0.277. The van der Waals surface area contributed by atoms with E-state index in [0.717, 1.165) is 17.0 Å². The zero-order valence-corrected chi connectivity index (χ0v) is 17.5. The third-order valence-corrected chi connectivity index (χ3v) is 5.08. The van der Waals surface area contributed by atoms with Crippen LogP contribution in [0, 0.1) is 42.2 Å². The Balaban J connectivity index is 1.90. The van der Waals surface area contributed by atoms with Crippen molar-refractivity contribution in [1.82, 2.24) is 9.88 Å². The Morgan fingerprint density at radius 2 is 1.87 bits per heavy atom. The smallest absolute Gasteiger partial charge is 0.274 e. The normalized spacial score (nSPS) is 11.1. The molecular weight excluding hydrogens is 392 g/mol. The molecular formula is C24H22N4O3. The number of aryl methyl sites for hydroxylation is 2. The van der Waals surface area contributed by atoms with E-state index >= 15 is 0 Å². The molecule has 0 aliphatic carbocycles. The number of hydrogen-bond donors (Lipinski definition) is 1. The summed E-state index contributed by atoms with van der Waals surface area (Å²) in [6, 6.07) is 18.3. The van der Waals surface area contributed by atoms with Crippen molar-refractivity contribution in [3.05, 3.63) is 98.4 Å². The van der Waals surface area contributed by atoms with E-state index in [9.17, 15) is 20.2 Å². The summed E-state index contributed by atoms with van der Waals surface area (Å²) in [5.74, 6) is -0.456. The van der Waals surface area contributed by atoms with Gasteiger partial charge in [0.15, 0.2) is 0 Å². The van der Waals surface area contributed by atoms with Gasteiger partial charge in [-0.25, -0.2) is 0 Å². The lowest BCUT2D eigenvalue weighted by Crippen LogP contribution is -2.23. The fraction of sp³-hybridized carbons (Fsp3) is 0.167. The van der Waals surface area contributed by atoms with Crippen molar-refractivity contribution in [3.63, 3.8) is 0 Å². The van der Waals surface area contributed by atoms with Crippen LogP contribution in [0.25, 0.3) is 11.8 Å². The number of hydrogen-bond acceptors (Lipinski definition) is 4. The Morgan fingerprint density at radius 3 is 2.52 bits per heavy atom. The SMILES string of the molecule is Cc1ccc(-n2c(C)cc(/C=C(/C#N)C(=O)NCc3ccccc3)c2C)cc1[N+](=O)[O-]. The van der Waals surface area contributed by atoms with Gasteiger partial charge in [0.2, 0.25) is 0 Å². The Hall–Kier alpha value is -4.18.